The number of aryl methyl sites for hydroxylation is 1. The minimum absolute atomic E-state index is 0.0757. The van der Waals surface area contributed by atoms with Crippen molar-refractivity contribution >= 4 is 5.91 Å². The minimum atomic E-state index is -0.931. The van der Waals surface area contributed by atoms with Crippen molar-refractivity contribution in [3.63, 3.8) is 0 Å². The summed E-state index contributed by atoms with van der Waals surface area (Å²) in [6.45, 7) is 4.24. The fourth-order valence-corrected chi connectivity index (χ4v) is 2.73. The molecule has 1 amide bonds. The maximum atomic E-state index is 12.0. The van der Waals surface area contributed by atoms with Crippen molar-refractivity contribution in [3.05, 3.63) is 29.3 Å². The van der Waals surface area contributed by atoms with Gasteiger partial charge < -0.3 is 14.7 Å². The van der Waals surface area contributed by atoms with Gasteiger partial charge in [-0.1, -0.05) is 12.1 Å². The summed E-state index contributed by atoms with van der Waals surface area (Å²) >= 11 is 0. The normalized spacial score (nSPS) is 20.4. The number of hydrogen-bond donors (Lipinski definition) is 1. The molecule has 0 spiro atoms. The van der Waals surface area contributed by atoms with Gasteiger partial charge in [0.2, 0.25) is 0 Å². The predicted octanol–water partition coefficient (Wildman–Crippen LogP) is 2.05. The molecule has 0 aromatic heterocycles. The van der Waals surface area contributed by atoms with Crippen LogP contribution in [0.15, 0.2) is 18.2 Å². The number of methoxy groups -OCH3 is 1. The quantitative estimate of drug-likeness (QED) is 0.908. The number of likely N-dealkylation sites (tertiary alicyclic amines) is 1. The Morgan fingerprint density at radius 3 is 2.84 bits per heavy atom. The van der Waals surface area contributed by atoms with Crippen LogP contribution in [0.3, 0.4) is 0 Å². The number of nitrogens with zero attached hydrogens (tertiary/aromatic N) is 1. The van der Waals surface area contributed by atoms with Crippen molar-refractivity contribution in [3.8, 4) is 5.75 Å². The molecule has 0 radical (unpaired) electrons. The first-order valence-electron chi connectivity index (χ1n) is 6.67. The number of aliphatic hydroxyl groups is 1. The lowest BCUT2D eigenvalue weighted by Crippen LogP contribution is -2.37. The van der Waals surface area contributed by atoms with E-state index in [9.17, 15) is 9.90 Å². The number of benzene rings is 1. The Bertz CT molecular complexity index is 470. The summed E-state index contributed by atoms with van der Waals surface area (Å²) in [6, 6.07) is 6.08. The first-order valence-corrected chi connectivity index (χ1v) is 6.67. The SMILES string of the molecule is COc1ccc([C@@H]2CCCN2C(=O)[C@H](C)O)cc1C. The number of aliphatic hydroxyl groups excluding tert-OH is 1. The van der Waals surface area contributed by atoms with E-state index in [-0.39, 0.29) is 11.9 Å². The van der Waals surface area contributed by atoms with Gasteiger partial charge in [-0.15, -0.1) is 0 Å². The van der Waals surface area contributed by atoms with Crippen LogP contribution in [0.1, 0.15) is 36.9 Å². The molecule has 0 saturated carbocycles. The molecule has 1 aromatic rings. The summed E-state index contributed by atoms with van der Waals surface area (Å²) in [5, 5.41) is 9.47. The highest BCUT2D eigenvalue weighted by molar-refractivity contribution is 5.81. The van der Waals surface area contributed by atoms with Crippen LogP contribution in [-0.2, 0) is 4.79 Å². The van der Waals surface area contributed by atoms with Gasteiger partial charge in [-0.05, 0) is 43.9 Å². The van der Waals surface area contributed by atoms with Gasteiger partial charge in [0, 0.05) is 6.54 Å². The van der Waals surface area contributed by atoms with E-state index in [4.69, 9.17) is 4.74 Å². The number of carbonyl (C=O) groups is 1. The van der Waals surface area contributed by atoms with Gasteiger partial charge in [-0.3, -0.25) is 4.79 Å². The molecule has 4 nitrogen and oxygen atoms in total. The molecule has 19 heavy (non-hydrogen) atoms. The van der Waals surface area contributed by atoms with Gasteiger partial charge in [-0.25, -0.2) is 0 Å². The van der Waals surface area contributed by atoms with Crippen molar-refractivity contribution in [1.29, 1.82) is 0 Å². The Labute approximate surface area is 114 Å². The molecule has 0 unspecified atom stereocenters. The Hall–Kier alpha value is -1.55. The summed E-state index contributed by atoms with van der Waals surface area (Å²) in [7, 11) is 1.65. The van der Waals surface area contributed by atoms with Crippen LogP contribution < -0.4 is 4.74 Å². The molecule has 104 valence electrons. The van der Waals surface area contributed by atoms with Crippen LogP contribution in [0.2, 0.25) is 0 Å². The molecule has 2 atom stereocenters. The van der Waals surface area contributed by atoms with E-state index in [1.54, 1.807) is 12.0 Å². The van der Waals surface area contributed by atoms with E-state index >= 15 is 0 Å². The van der Waals surface area contributed by atoms with E-state index in [0.717, 1.165) is 36.3 Å². The summed E-state index contributed by atoms with van der Waals surface area (Å²) < 4.78 is 5.25. The second kappa shape index (κ2) is 5.61. The summed E-state index contributed by atoms with van der Waals surface area (Å²) in [5.74, 6) is 0.672. The Kier molecular flexibility index (Phi) is 4.10. The maximum Gasteiger partial charge on any atom is 0.251 e. The second-order valence-corrected chi connectivity index (χ2v) is 5.09. The molecule has 1 fully saturated rings. The van der Waals surface area contributed by atoms with Gasteiger partial charge in [0.15, 0.2) is 0 Å². The van der Waals surface area contributed by atoms with Gasteiger partial charge in [-0.2, -0.15) is 0 Å². The molecular formula is C15H21NO3. The largest absolute Gasteiger partial charge is 0.496 e. The minimum Gasteiger partial charge on any atom is -0.496 e. The van der Waals surface area contributed by atoms with Crippen LogP contribution in [-0.4, -0.2) is 35.7 Å². The molecule has 1 aliphatic rings. The molecule has 1 N–H and O–H groups in total. The standard InChI is InChI=1S/C15H21NO3/c1-10-9-12(6-7-14(10)19-3)13-5-4-8-16(13)15(18)11(2)17/h6-7,9,11,13,17H,4-5,8H2,1-3H3/t11-,13-/m0/s1. The monoisotopic (exact) mass is 263 g/mol. The van der Waals surface area contributed by atoms with Crippen LogP contribution in [0.25, 0.3) is 0 Å². The first kappa shape index (κ1) is 13.9. The summed E-state index contributed by atoms with van der Waals surface area (Å²) in [6.07, 6.45) is 0.998. The fourth-order valence-electron chi connectivity index (χ4n) is 2.73. The third-order valence-electron chi connectivity index (χ3n) is 3.70. The number of hydrogen-bond acceptors (Lipinski definition) is 3. The van der Waals surface area contributed by atoms with E-state index in [2.05, 4.69) is 6.07 Å². The maximum absolute atomic E-state index is 12.0. The molecule has 4 heteroatoms. The highest BCUT2D eigenvalue weighted by Crippen LogP contribution is 2.34. The lowest BCUT2D eigenvalue weighted by atomic mass is 10.0. The van der Waals surface area contributed by atoms with Crippen molar-refractivity contribution in [2.24, 2.45) is 0 Å². The Morgan fingerprint density at radius 2 is 2.26 bits per heavy atom. The van der Waals surface area contributed by atoms with E-state index in [1.165, 1.54) is 6.92 Å². The van der Waals surface area contributed by atoms with Crippen molar-refractivity contribution in [2.45, 2.75) is 38.8 Å². The lowest BCUT2D eigenvalue weighted by molar-refractivity contribution is -0.140. The van der Waals surface area contributed by atoms with Crippen molar-refractivity contribution < 1.29 is 14.6 Å². The van der Waals surface area contributed by atoms with Gasteiger partial charge in [0.25, 0.3) is 5.91 Å². The van der Waals surface area contributed by atoms with Crippen LogP contribution in [0.4, 0.5) is 0 Å². The number of carbonyl (C=O) groups excluding carboxylic acids is 1. The molecule has 0 aliphatic carbocycles. The Morgan fingerprint density at radius 1 is 1.53 bits per heavy atom. The lowest BCUT2D eigenvalue weighted by Gasteiger charge is -2.26. The zero-order chi connectivity index (χ0) is 14.0. The fraction of sp³-hybridized carbons (Fsp3) is 0.533. The second-order valence-electron chi connectivity index (χ2n) is 5.09. The van der Waals surface area contributed by atoms with Crippen LogP contribution >= 0.6 is 0 Å². The highest BCUT2D eigenvalue weighted by atomic mass is 16.5. The molecule has 1 aromatic carbocycles. The average Bonchev–Trinajstić information content (AvgIpc) is 2.86. The first-order chi connectivity index (χ1) is 9.04. The third-order valence-corrected chi connectivity index (χ3v) is 3.70. The molecule has 1 aliphatic heterocycles. The van der Waals surface area contributed by atoms with Crippen LogP contribution in [0.5, 0.6) is 5.75 Å². The highest BCUT2D eigenvalue weighted by Gasteiger charge is 2.31. The van der Waals surface area contributed by atoms with Crippen molar-refractivity contribution in [2.75, 3.05) is 13.7 Å². The smallest absolute Gasteiger partial charge is 0.251 e. The topological polar surface area (TPSA) is 49.8 Å². The van der Waals surface area contributed by atoms with Gasteiger partial charge >= 0.3 is 0 Å². The predicted molar refractivity (Wildman–Crippen MR) is 73.1 cm³/mol. The summed E-state index contributed by atoms with van der Waals surface area (Å²) in [4.78, 5) is 13.8. The number of ether oxygens (including phenoxy) is 1. The van der Waals surface area contributed by atoms with E-state index in [0.29, 0.717) is 0 Å². The summed E-state index contributed by atoms with van der Waals surface area (Å²) in [5.41, 5.74) is 2.18. The zero-order valence-electron chi connectivity index (χ0n) is 11.7. The van der Waals surface area contributed by atoms with Crippen molar-refractivity contribution in [1.82, 2.24) is 4.90 Å². The number of rotatable bonds is 3. The molecule has 1 saturated heterocycles. The van der Waals surface area contributed by atoms with Crippen LogP contribution in [0, 0.1) is 6.92 Å². The third kappa shape index (κ3) is 2.73. The average molecular weight is 263 g/mol. The van der Waals surface area contributed by atoms with E-state index in [1.807, 2.05) is 19.1 Å². The number of amides is 1. The zero-order valence-corrected chi connectivity index (χ0v) is 11.7. The van der Waals surface area contributed by atoms with Gasteiger partial charge in [0.05, 0.1) is 13.2 Å². The molecule has 0 bridgehead atoms. The Balaban J connectivity index is 2.25. The van der Waals surface area contributed by atoms with E-state index < -0.39 is 6.10 Å². The molecule has 2 rings (SSSR count). The van der Waals surface area contributed by atoms with Gasteiger partial charge in [0.1, 0.15) is 11.9 Å². The molecular weight excluding hydrogens is 242 g/mol. The molecule has 1 heterocycles.